The van der Waals surface area contributed by atoms with Crippen molar-refractivity contribution < 1.29 is 14.0 Å². The highest BCUT2D eigenvalue weighted by Crippen LogP contribution is 2.28. The van der Waals surface area contributed by atoms with Gasteiger partial charge in [-0.1, -0.05) is 24.3 Å². The second-order valence-electron chi connectivity index (χ2n) is 7.46. The molecule has 2 N–H and O–H groups in total. The van der Waals surface area contributed by atoms with Gasteiger partial charge in [0.05, 0.1) is 11.7 Å². The van der Waals surface area contributed by atoms with Crippen LogP contribution in [0.1, 0.15) is 47.5 Å². The number of nitrogens with zero attached hydrogens (tertiary/aromatic N) is 1. The third kappa shape index (κ3) is 4.01. The van der Waals surface area contributed by atoms with E-state index >= 15 is 0 Å². The molecule has 2 aliphatic rings. The fourth-order valence-corrected chi connectivity index (χ4v) is 4.03. The van der Waals surface area contributed by atoms with Crippen LogP contribution in [0.25, 0.3) is 0 Å². The van der Waals surface area contributed by atoms with Crippen LogP contribution in [0.15, 0.2) is 48.5 Å². The minimum absolute atomic E-state index is 0.105. The van der Waals surface area contributed by atoms with Crippen molar-refractivity contribution in [1.29, 1.82) is 0 Å². The lowest BCUT2D eigenvalue weighted by molar-refractivity contribution is -0.132. The van der Waals surface area contributed by atoms with Crippen molar-refractivity contribution in [3.63, 3.8) is 0 Å². The minimum Gasteiger partial charge on any atom is -0.365 e. The first-order valence-corrected chi connectivity index (χ1v) is 9.80. The number of fused-ring (bicyclic) bond motifs is 1. The maximum atomic E-state index is 13.1. The fourth-order valence-electron chi connectivity index (χ4n) is 4.03. The molecule has 2 aliphatic heterocycles. The molecule has 0 saturated carbocycles. The number of hydrogen-bond donors (Lipinski definition) is 2. The first kappa shape index (κ1) is 18.5. The molecule has 2 aromatic carbocycles. The Balaban J connectivity index is 1.26. The van der Waals surface area contributed by atoms with E-state index in [0.29, 0.717) is 37.4 Å². The number of carbonyl (C=O) groups excluding carboxylic acids is 2. The van der Waals surface area contributed by atoms with E-state index in [4.69, 9.17) is 0 Å². The molecule has 2 amide bonds. The third-order valence-electron chi connectivity index (χ3n) is 5.64. The molecule has 6 heteroatoms. The van der Waals surface area contributed by atoms with Crippen LogP contribution in [0.3, 0.4) is 0 Å². The largest absolute Gasteiger partial charge is 0.365 e. The van der Waals surface area contributed by atoms with Crippen molar-refractivity contribution in [3.05, 3.63) is 65.5 Å². The van der Waals surface area contributed by atoms with Gasteiger partial charge in [-0.25, -0.2) is 4.39 Å². The lowest BCUT2D eigenvalue weighted by atomic mass is 9.89. The molecule has 1 unspecified atom stereocenters. The van der Waals surface area contributed by atoms with Gasteiger partial charge in [0.2, 0.25) is 5.91 Å². The summed E-state index contributed by atoms with van der Waals surface area (Å²) < 4.78 is 13.1. The molecular formula is C22H24FN3O2. The zero-order valence-corrected chi connectivity index (χ0v) is 15.7. The molecule has 28 heavy (non-hydrogen) atoms. The Morgan fingerprint density at radius 1 is 1.04 bits per heavy atom. The second kappa shape index (κ2) is 8.00. The predicted molar refractivity (Wildman–Crippen MR) is 106 cm³/mol. The number of anilines is 1. The number of halogens is 1. The van der Waals surface area contributed by atoms with Gasteiger partial charge in [0.25, 0.3) is 5.91 Å². The molecule has 5 nitrogen and oxygen atoms in total. The smallest absolute Gasteiger partial charge is 0.254 e. The van der Waals surface area contributed by atoms with Crippen molar-refractivity contribution in [2.75, 3.05) is 18.4 Å². The maximum absolute atomic E-state index is 13.1. The topological polar surface area (TPSA) is 61.4 Å². The number of piperidine rings is 1. The van der Waals surface area contributed by atoms with E-state index in [1.165, 1.54) is 12.1 Å². The predicted octanol–water partition coefficient (Wildman–Crippen LogP) is 3.49. The third-order valence-corrected chi connectivity index (χ3v) is 5.64. The highest BCUT2D eigenvalue weighted by atomic mass is 19.1. The summed E-state index contributed by atoms with van der Waals surface area (Å²) in [7, 11) is 0. The number of likely N-dealkylation sites (tertiary alicyclic amines) is 1. The van der Waals surface area contributed by atoms with Crippen LogP contribution in [0.2, 0.25) is 0 Å². The quantitative estimate of drug-likeness (QED) is 0.852. The summed E-state index contributed by atoms with van der Waals surface area (Å²) >= 11 is 0. The van der Waals surface area contributed by atoms with E-state index < -0.39 is 0 Å². The Kier molecular flexibility index (Phi) is 5.28. The molecular weight excluding hydrogens is 357 g/mol. The van der Waals surface area contributed by atoms with Gasteiger partial charge in [0.15, 0.2) is 0 Å². The lowest BCUT2D eigenvalue weighted by Crippen LogP contribution is -2.46. The van der Waals surface area contributed by atoms with Crippen LogP contribution >= 0.6 is 0 Å². The van der Waals surface area contributed by atoms with Gasteiger partial charge in [0.1, 0.15) is 5.82 Å². The normalized spacial score (nSPS) is 19.5. The summed E-state index contributed by atoms with van der Waals surface area (Å²) in [5.74, 6) is 0.169. The molecule has 0 aromatic heterocycles. The van der Waals surface area contributed by atoms with Gasteiger partial charge >= 0.3 is 0 Å². The summed E-state index contributed by atoms with van der Waals surface area (Å²) in [6.45, 7) is 1.43. The average Bonchev–Trinajstić information content (AvgIpc) is 2.73. The zero-order chi connectivity index (χ0) is 19.5. The maximum Gasteiger partial charge on any atom is 0.254 e. The average molecular weight is 381 g/mol. The second-order valence-corrected chi connectivity index (χ2v) is 7.46. The Hall–Kier alpha value is -2.89. The van der Waals surface area contributed by atoms with Crippen molar-refractivity contribution in [1.82, 2.24) is 10.2 Å². The Labute approximate surface area is 163 Å². The zero-order valence-electron chi connectivity index (χ0n) is 15.7. The number of carbonyl (C=O) groups is 2. The molecule has 0 radical (unpaired) electrons. The highest BCUT2D eigenvalue weighted by molar-refractivity contribution is 6.01. The van der Waals surface area contributed by atoms with E-state index in [1.807, 2.05) is 35.2 Å². The SMILES string of the molecule is O=C1NC(CCC(=O)N2CCC(c3ccc(F)cc3)CC2)Nc2ccccc21. The van der Waals surface area contributed by atoms with Gasteiger partial charge in [-0.3, -0.25) is 9.59 Å². The Bertz CT molecular complexity index is 860. The van der Waals surface area contributed by atoms with Crippen molar-refractivity contribution in [3.8, 4) is 0 Å². The minimum atomic E-state index is -0.233. The van der Waals surface area contributed by atoms with Gasteiger partial charge in [-0.2, -0.15) is 0 Å². The first-order chi connectivity index (χ1) is 13.6. The van der Waals surface area contributed by atoms with Crippen molar-refractivity contribution in [2.45, 2.75) is 37.8 Å². The fraction of sp³-hybridized carbons (Fsp3) is 0.364. The highest BCUT2D eigenvalue weighted by Gasteiger charge is 2.26. The van der Waals surface area contributed by atoms with E-state index in [0.717, 1.165) is 24.1 Å². The number of benzene rings is 2. The number of rotatable bonds is 4. The summed E-state index contributed by atoms with van der Waals surface area (Å²) in [4.78, 5) is 26.7. The molecule has 0 bridgehead atoms. The molecule has 146 valence electrons. The molecule has 2 aromatic rings. The van der Waals surface area contributed by atoms with E-state index in [-0.39, 0.29) is 23.8 Å². The molecule has 1 saturated heterocycles. The van der Waals surface area contributed by atoms with Crippen LogP contribution in [0.4, 0.5) is 10.1 Å². The molecule has 1 fully saturated rings. The Morgan fingerprint density at radius 2 is 1.75 bits per heavy atom. The summed E-state index contributed by atoms with van der Waals surface area (Å²) in [6.07, 6.45) is 2.49. The number of hydrogen-bond acceptors (Lipinski definition) is 3. The van der Waals surface area contributed by atoms with Gasteiger partial charge in [0, 0.05) is 25.2 Å². The summed E-state index contributed by atoms with van der Waals surface area (Å²) in [5, 5.41) is 6.20. The summed E-state index contributed by atoms with van der Waals surface area (Å²) in [5.41, 5.74) is 2.58. The van der Waals surface area contributed by atoms with Gasteiger partial charge in [-0.15, -0.1) is 0 Å². The van der Waals surface area contributed by atoms with Crippen LogP contribution in [-0.2, 0) is 4.79 Å². The van der Waals surface area contributed by atoms with Crippen molar-refractivity contribution >= 4 is 17.5 Å². The molecule has 1 atom stereocenters. The van der Waals surface area contributed by atoms with E-state index in [9.17, 15) is 14.0 Å². The van der Waals surface area contributed by atoms with Crippen molar-refractivity contribution in [2.24, 2.45) is 0 Å². The number of amides is 2. The van der Waals surface area contributed by atoms with Crippen LogP contribution in [0.5, 0.6) is 0 Å². The molecule has 0 aliphatic carbocycles. The van der Waals surface area contributed by atoms with Gasteiger partial charge in [-0.05, 0) is 55.0 Å². The molecule has 0 spiro atoms. The van der Waals surface area contributed by atoms with E-state index in [2.05, 4.69) is 10.6 Å². The van der Waals surface area contributed by atoms with E-state index in [1.54, 1.807) is 6.07 Å². The van der Waals surface area contributed by atoms with Crippen LogP contribution in [-0.4, -0.2) is 36.0 Å². The number of nitrogens with one attached hydrogen (secondary N) is 2. The van der Waals surface area contributed by atoms with Crippen LogP contribution in [0, 0.1) is 5.82 Å². The lowest BCUT2D eigenvalue weighted by Gasteiger charge is -2.33. The Morgan fingerprint density at radius 3 is 2.50 bits per heavy atom. The molecule has 2 heterocycles. The standard InChI is InChI=1S/C22H24FN3O2/c23-17-7-5-15(6-8-17)16-11-13-26(14-12-16)21(27)10-9-20-24-19-4-2-1-3-18(19)22(28)25-20/h1-8,16,20,24H,9-14H2,(H,25,28). The summed E-state index contributed by atoms with van der Waals surface area (Å²) in [6, 6.07) is 14.1. The molecule has 4 rings (SSSR count). The number of para-hydroxylation sites is 1. The van der Waals surface area contributed by atoms with Gasteiger partial charge < -0.3 is 15.5 Å². The first-order valence-electron chi connectivity index (χ1n) is 9.80. The van der Waals surface area contributed by atoms with Crippen LogP contribution < -0.4 is 10.6 Å². The monoisotopic (exact) mass is 381 g/mol.